The third-order valence-corrected chi connectivity index (χ3v) is 4.41. The molecule has 0 radical (unpaired) electrons. The summed E-state index contributed by atoms with van der Waals surface area (Å²) in [6, 6.07) is -0.707. The number of amides is 2. The highest BCUT2D eigenvalue weighted by Gasteiger charge is 2.24. The number of carboxylic acids is 1. The predicted octanol–water partition coefficient (Wildman–Crippen LogP) is 0.877. The number of hydrogen-bond acceptors (Lipinski definition) is 4. The Balaban J connectivity index is 1.91. The lowest BCUT2D eigenvalue weighted by Gasteiger charge is -2.22. The number of likely N-dealkylation sites (N-methyl/N-ethyl adjacent to an activating group) is 1. The molecule has 1 fully saturated rings. The van der Waals surface area contributed by atoms with E-state index in [1.807, 2.05) is 0 Å². The minimum atomic E-state index is -1.08. The van der Waals surface area contributed by atoms with Gasteiger partial charge in [-0.3, -0.25) is 14.3 Å². The molecule has 1 heterocycles. The molecule has 2 rings (SSSR count). The van der Waals surface area contributed by atoms with E-state index < -0.39 is 17.9 Å². The van der Waals surface area contributed by atoms with Gasteiger partial charge in [0.05, 0.1) is 11.8 Å². The SMILES string of the molecule is CC(C(=O)O)N(C)C(=O)c1cnn(CC(=O)NC2CCCCC2)c1. The lowest BCUT2D eigenvalue weighted by Crippen LogP contribution is -2.40. The highest BCUT2D eigenvalue weighted by Crippen LogP contribution is 2.17. The van der Waals surface area contributed by atoms with Gasteiger partial charge in [-0.15, -0.1) is 0 Å². The van der Waals surface area contributed by atoms with Gasteiger partial charge < -0.3 is 15.3 Å². The Morgan fingerprint density at radius 1 is 1.38 bits per heavy atom. The molecule has 0 bridgehead atoms. The largest absolute Gasteiger partial charge is 0.480 e. The average Bonchev–Trinajstić information content (AvgIpc) is 3.01. The molecule has 0 spiro atoms. The summed E-state index contributed by atoms with van der Waals surface area (Å²) in [4.78, 5) is 36.3. The quantitative estimate of drug-likeness (QED) is 0.802. The van der Waals surface area contributed by atoms with E-state index >= 15 is 0 Å². The molecule has 1 aromatic heterocycles. The molecule has 0 aromatic carbocycles. The van der Waals surface area contributed by atoms with Crippen molar-refractivity contribution in [3.63, 3.8) is 0 Å². The second-order valence-corrected chi connectivity index (χ2v) is 6.26. The summed E-state index contributed by atoms with van der Waals surface area (Å²) in [6.45, 7) is 1.48. The molecule has 1 atom stereocenters. The summed E-state index contributed by atoms with van der Waals surface area (Å²) in [6.07, 6.45) is 8.33. The highest BCUT2D eigenvalue weighted by atomic mass is 16.4. The van der Waals surface area contributed by atoms with Crippen molar-refractivity contribution in [2.75, 3.05) is 7.05 Å². The minimum absolute atomic E-state index is 0.0436. The Kier molecular flexibility index (Phi) is 5.94. The first-order valence-corrected chi connectivity index (χ1v) is 8.20. The molecular formula is C16H24N4O4. The van der Waals surface area contributed by atoms with Gasteiger partial charge in [-0.05, 0) is 19.8 Å². The molecule has 0 saturated heterocycles. The molecule has 8 nitrogen and oxygen atoms in total. The molecule has 1 aromatic rings. The van der Waals surface area contributed by atoms with Crippen LogP contribution in [-0.4, -0.2) is 56.7 Å². The van der Waals surface area contributed by atoms with E-state index in [2.05, 4.69) is 10.4 Å². The topological polar surface area (TPSA) is 105 Å². The third-order valence-electron chi connectivity index (χ3n) is 4.41. The maximum absolute atomic E-state index is 12.2. The van der Waals surface area contributed by atoms with Crippen LogP contribution in [0, 0.1) is 0 Å². The van der Waals surface area contributed by atoms with E-state index in [-0.39, 0.29) is 24.1 Å². The van der Waals surface area contributed by atoms with E-state index in [1.165, 1.54) is 37.5 Å². The molecule has 1 saturated carbocycles. The van der Waals surface area contributed by atoms with Crippen LogP contribution in [0.25, 0.3) is 0 Å². The first kappa shape index (κ1) is 18.0. The zero-order chi connectivity index (χ0) is 17.7. The van der Waals surface area contributed by atoms with Crippen LogP contribution in [0.4, 0.5) is 0 Å². The fourth-order valence-corrected chi connectivity index (χ4v) is 2.77. The highest BCUT2D eigenvalue weighted by molar-refractivity contribution is 5.96. The third kappa shape index (κ3) is 4.56. The van der Waals surface area contributed by atoms with Gasteiger partial charge in [0, 0.05) is 19.3 Å². The number of carbonyl (C=O) groups excluding carboxylic acids is 2. The number of carbonyl (C=O) groups is 3. The molecule has 2 N–H and O–H groups in total. The summed E-state index contributed by atoms with van der Waals surface area (Å²) in [5, 5.41) is 16.0. The maximum atomic E-state index is 12.2. The van der Waals surface area contributed by atoms with Crippen LogP contribution in [0.15, 0.2) is 12.4 Å². The van der Waals surface area contributed by atoms with Gasteiger partial charge in [0.25, 0.3) is 5.91 Å². The van der Waals surface area contributed by atoms with Crippen LogP contribution in [-0.2, 0) is 16.1 Å². The Morgan fingerprint density at radius 2 is 2.04 bits per heavy atom. The van der Waals surface area contributed by atoms with Crippen molar-refractivity contribution in [1.82, 2.24) is 20.0 Å². The van der Waals surface area contributed by atoms with Crippen molar-refractivity contribution < 1.29 is 19.5 Å². The van der Waals surface area contributed by atoms with E-state index in [1.54, 1.807) is 0 Å². The lowest BCUT2D eigenvalue weighted by molar-refractivity contribution is -0.141. The van der Waals surface area contributed by atoms with Gasteiger partial charge in [0.1, 0.15) is 12.6 Å². The normalized spacial score (nSPS) is 16.4. The van der Waals surface area contributed by atoms with Crippen molar-refractivity contribution in [3.05, 3.63) is 18.0 Å². The number of hydrogen-bond donors (Lipinski definition) is 2. The molecule has 8 heteroatoms. The van der Waals surface area contributed by atoms with Gasteiger partial charge >= 0.3 is 5.97 Å². The monoisotopic (exact) mass is 336 g/mol. The predicted molar refractivity (Wildman–Crippen MR) is 86.4 cm³/mol. The van der Waals surface area contributed by atoms with Crippen molar-refractivity contribution in [3.8, 4) is 0 Å². The fraction of sp³-hybridized carbons (Fsp3) is 0.625. The fourth-order valence-electron chi connectivity index (χ4n) is 2.77. The Hall–Kier alpha value is -2.38. The number of nitrogens with one attached hydrogen (secondary N) is 1. The smallest absolute Gasteiger partial charge is 0.326 e. The van der Waals surface area contributed by atoms with Crippen LogP contribution in [0.5, 0.6) is 0 Å². The Bertz CT molecular complexity index is 607. The molecule has 1 aliphatic rings. The second kappa shape index (κ2) is 7.94. The van der Waals surface area contributed by atoms with E-state index in [4.69, 9.17) is 5.11 Å². The number of carboxylic acid groups (broad SMARTS) is 1. The van der Waals surface area contributed by atoms with Crippen LogP contribution in [0.2, 0.25) is 0 Å². The summed E-state index contributed by atoms with van der Waals surface area (Å²) < 4.78 is 1.39. The average molecular weight is 336 g/mol. The van der Waals surface area contributed by atoms with E-state index in [9.17, 15) is 14.4 Å². The van der Waals surface area contributed by atoms with E-state index in [0.717, 1.165) is 30.6 Å². The van der Waals surface area contributed by atoms with Crippen molar-refractivity contribution in [2.45, 2.75) is 57.7 Å². The van der Waals surface area contributed by atoms with Gasteiger partial charge in [-0.1, -0.05) is 19.3 Å². The van der Waals surface area contributed by atoms with Crippen LogP contribution in [0.1, 0.15) is 49.4 Å². The zero-order valence-electron chi connectivity index (χ0n) is 14.1. The van der Waals surface area contributed by atoms with Crippen LogP contribution in [0.3, 0.4) is 0 Å². The summed E-state index contributed by atoms with van der Waals surface area (Å²) in [7, 11) is 1.42. The number of aliphatic carboxylic acids is 1. The summed E-state index contributed by atoms with van der Waals surface area (Å²) >= 11 is 0. The second-order valence-electron chi connectivity index (χ2n) is 6.26. The Labute approximate surface area is 140 Å². The Morgan fingerprint density at radius 3 is 2.67 bits per heavy atom. The van der Waals surface area contributed by atoms with Gasteiger partial charge in [0.15, 0.2) is 0 Å². The first-order valence-electron chi connectivity index (χ1n) is 8.20. The van der Waals surface area contributed by atoms with Crippen molar-refractivity contribution >= 4 is 17.8 Å². The number of aromatic nitrogens is 2. The number of rotatable bonds is 6. The van der Waals surface area contributed by atoms with Gasteiger partial charge in [-0.25, -0.2) is 4.79 Å². The maximum Gasteiger partial charge on any atom is 0.326 e. The molecule has 24 heavy (non-hydrogen) atoms. The van der Waals surface area contributed by atoms with Crippen molar-refractivity contribution in [2.24, 2.45) is 0 Å². The summed E-state index contributed by atoms with van der Waals surface area (Å²) in [5.74, 6) is -1.65. The van der Waals surface area contributed by atoms with Crippen molar-refractivity contribution in [1.29, 1.82) is 0 Å². The minimum Gasteiger partial charge on any atom is -0.480 e. The molecule has 2 amide bonds. The molecule has 1 aliphatic carbocycles. The number of nitrogens with zero attached hydrogens (tertiary/aromatic N) is 3. The van der Waals surface area contributed by atoms with Gasteiger partial charge in [0.2, 0.25) is 5.91 Å². The van der Waals surface area contributed by atoms with E-state index in [0.29, 0.717) is 0 Å². The first-order chi connectivity index (χ1) is 11.4. The van der Waals surface area contributed by atoms with Crippen LogP contribution >= 0.6 is 0 Å². The molecule has 1 unspecified atom stereocenters. The molecular weight excluding hydrogens is 312 g/mol. The molecule has 0 aliphatic heterocycles. The van der Waals surface area contributed by atoms with Gasteiger partial charge in [-0.2, -0.15) is 5.10 Å². The summed E-state index contributed by atoms with van der Waals surface area (Å²) in [5.41, 5.74) is 0.260. The molecule has 132 valence electrons. The lowest BCUT2D eigenvalue weighted by atomic mass is 9.95. The standard InChI is InChI=1S/C16H24N4O4/c1-11(16(23)24)19(2)15(22)12-8-17-20(9-12)10-14(21)18-13-6-4-3-5-7-13/h8-9,11,13H,3-7,10H2,1-2H3,(H,18,21)(H,23,24). The van der Waals surface area contributed by atoms with Crippen LogP contribution < -0.4 is 5.32 Å². The zero-order valence-corrected chi connectivity index (χ0v) is 14.1.